The van der Waals surface area contributed by atoms with Crippen LogP contribution >= 0.6 is 11.6 Å². The summed E-state index contributed by atoms with van der Waals surface area (Å²) >= 11 is 5.87. The number of benzene rings is 1. The largest absolute Gasteiger partial charge is 0.416 e. The fraction of sp³-hybridized carbons (Fsp3) is 0.650. The molecule has 3 rings (SSSR count). The van der Waals surface area contributed by atoms with Crippen LogP contribution in [0.15, 0.2) is 18.2 Å². The predicted molar refractivity (Wildman–Crippen MR) is 109 cm³/mol. The molecule has 0 radical (unpaired) electrons. The first-order valence-corrected chi connectivity index (χ1v) is 10.5. The lowest BCUT2D eigenvalue weighted by atomic mass is 9.87. The van der Waals surface area contributed by atoms with Gasteiger partial charge in [-0.25, -0.2) is 0 Å². The van der Waals surface area contributed by atoms with Gasteiger partial charge in [0, 0.05) is 29.7 Å². The Morgan fingerprint density at radius 1 is 1.30 bits per heavy atom. The Morgan fingerprint density at radius 3 is 2.70 bits per heavy atom. The van der Waals surface area contributed by atoms with E-state index in [0.29, 0.717) is 19.5 Å². The van der Waals surface area contributed by atoms with E-state index in [1.54, 1.807) is 23.9 Å². The van der Waals surface area contributed by atoms with Crippen molar-refractivity contribution in [2.45, 2.75) is 43.8 Å². The zero-order chi connectivity index (χ0) is 22.1. The van der Waals surface area contributed by atoms with Crippen molar-refractivity contribution in [3.05, 3.63) is 28.8 Å². The van der Waals surface area contributed by atoms with Crippen LogP contribution in [0.1, 0.15) is 24.8 Å². The van der Waals surface area contributed by atoms with Crippen molar-refractivity contribution < 1.29 is 23.1 Å². The van der Waals surface area contributed by atoms with Gasteiger partial charge >= 0.3 is 6.18 Å². The molecule has 1 aromatic rings. The number of alkyl halides is 3. The molecule has 0 spiro atoms. The maximum atomic E-state index is 13.2. The molecule has 2 fully saturated rings. The number of anilines is 1. The molecule has 168 valence electrons. The lowest BCUT2D eigenvalue weighted by Crippen LogP contribution is -2.61. The Balaban J connectivity index is 1.78. The van der Waals surface area contributed by atoms with Gasteiger partial charge in [0.05, 0.1) is 11.6 Å². The second-order valence-corrected chi connectivity index (χ2v) is 8.63. The zero-order valence-electron chi connectivity index (χ0n) is 17.0. The highest BCUT2D eigenvalue weighted by molar-refractivity contribution is 6.31. The van der Waals surface area contributed by atoms with E-state index < -0.39 is 24.0 Å². The van der Waals surface area contributed by atoms with E-state index in [1.807, 2.05) is 0 Å². The minimum absolute atomic E-state index is 0.0434. The number of hydrogen-bond donors (Lipinski definition) is 3. The first-order valence-electron chi connectivity index (χ1n) is 10.1. The Bertz CT molecular complexity index is 762. The molecule has 0 aliphatic carbocycles. The predicted octanol–water partition coefficient (Wildman–Crippen LogP) is 2.62. The monoisotopic (exact) mass is 448 g/mol. The average molecular weight is 449 g/mol. The van der Waals surface area contributed by atoms with Gasteiger partial charge in [0.2, 0.25) is 5.91 Å². The second-order valence-electron chi connectivity index (χ2n) is 8.20. The van der Waals surface area contributed by atoms with Crippen LogP contribution in [0.4, 0.5) is 18.9 Å². The highest BCUT2D eigenvalue weighted by atomic mass is 35.5. The molecule has 2 saturated heterocycles. The van der Waals surface area contributed by atoms with Crippen molar-refractivity contribution in [2.24, 2.45) is 5.92 Å². The first kappa shape index (κ1) is 23.1. The van der Waals surface area contributed by atoms with Gasteiger partial charge in [0.1, 0.15) is 12.3 Å². The van der Waals surface area contributed by atoms with Gasteiger partial charge in [-0.1, -0.05) is 11.6 Å². The van der Waals surface area contributed by atoms with E-state index in [9.17, 15) is 23.1 Å². The number of aliphatic hydroxyl groups is 1. The van der Waals surface area contributed by atoms with Crippen LogP contribution in [-0.4, -0.2) is 72.9 Å². The molecule has 2 unspecified atom stereocenters. The summed E-state index contributed by atoms with van der Waals surface area (Å²) < 4.78 is 39.3. The topological polar surface area (TPSA) is 67.8 Å². The normalized spacial score (nSPS) is 26.7. The lowest BCUT2D eigenvalue weighted by molar-refractivity contribution is -0.142. The molecule has 1 amide bonds. The molecular weight excluding hydrogens is 421 g/mol. The molecular formula is C20H28ClF3N4O2. The van der Waals surface area contributed by atoms with Crippen LogP contribution in [0.25, 0.3) is 0 Å². The van der Waals surface area contributed by atoms with Gasteiger partial charge in [0.15, 0.2) is 0 Å². The number of nitrogens with zero attached hydrogens (tertiary/aromatic N) is 2. The van der Waals surface area contributed by atoms with Gasteiger partial charge in [-0.15, -0.1) is 0 Å². The number of amides is 1. The number of rotatable bonds is 5. The summed E-state index contributed by atoms with van der Waals surface area (Å²) in [5.74, 6) is -0.272. The molecule has 30 heavy (non-hydrogen) atoms. The van der Waals surface area contributed by atoms with Crippen molar-refractivity contribution in [1.82, 2.24) is 15.1 Å². The first-order chi connectivity index (χ1) is 14.1. The van der Waals surface area contributed by atoms with Crippen molar-refractivity contribution in [2.75, 3.05) is 39.0 Å². The third-order valence-corrected chi connectivity index (χ3v) is 6.07. The number of aliphatic hydroxyl groups excluding tert-OH is 1. The van der Waals surface area contributed by atoms with Crippen LogP contribution in [0.3, 0.4) is 0 Å². The van der Waals surface area contributed by atoms with Crippen LogP contribution in [0.2, 0.25) is 5.02 Å². The molecule has 10 heteroatoms. The average Bonchev–Trinajstić information content (AvgIpc) is 2.68. The molecule has 4 atom stereocenters. The van der Waals surface area contributed by atoms with E-state index in [2.05, 4.69) is 10.6 Å². The van der Waals surface area contributed by atoms with Crippen molar-refractivity contribution in [3.63, 3.8) is 0 Å². The molecule has 3 N–H and O–H groups in total. The SMILES string of the molecule is CN(C)C(O)[C@H]1CCNC[C@@H]1N1CCCC(Nc2cc(Cl)cc(C(F)(F)F)c2)C1=O. The van der Waals surface area contributed by atoms with Crippen LogP contribution in [0, 0.1) is 5.92 Å². The smallest absolute Gasteiger partial charge is 0.378 e. The summed E-state index contributed by atoms with van der Waals surface area (Å²) in [6, 6.07) is 2.40. The highest BCUT2D eigenvalue weighted by Crippen LogP contribution is 2.34. The van der Waals surface area contributed by atoms with E-state index in [4.69, 9.17) is 11.6 Å². The van der Waals surface area contributed by atoms with Gasteiger partial charge in [0.25, 0.3) is 0 Å². The van der Waals surface area contributed by atoms with Crippen molar-refractivity contribution in [3.8, 4) is 0 Å². The summed E-state index contributed by atoms with van der Waals surface area (Å²) in [6.45, 7) is 1.89. The number of nitrogens with one attached hydrogen (secondary N) is 2. The van der Waals surface area contributed by atoms with Crippen LogP contribution in [-0.2, 0) is 11.0 Å². The van der Waals surface area contributed by atoms with Crippen LogP contribution < -0.4 is 10.6 Å². The quantitative estimate of drug-likeness (QED) is 0.604. The van der Waals surface area contributed by atoms with Crippen LogP contribution in [0.5, 0.6) is 0 Å². The highest BCUT2D eigenvalue weighted by Gasteiger charge is 2.41. The molecule has 0 aromatic heterocycles. The number of carbonyl (C=O) groups is 1. The van der Waals surface area contributed by atoms with Crippen molar-refractivity contribution >= 4 is 23.2 Å². The van der Waals surface area contributed by atoms with Gasteiger partial charge < -0.3 is 20.6 Å². The zero-order valence-corrected chi connectivity index (χ0v) is 17.8. The van der Waals surface area contributed by atoms with Gasteiger partial charge in [-0.2, -0.15) is 13.2 Å². The third-order valence-electron chi connectivity index (χ3n) is 5.85. The summed E-state index contributed by atoms with van der Waals surface area (Å²) in [4.78, 5) is 16.7. The maximum absolute atomic E-state index is 13.2. The number of piperidine rings is 2. The maximum Gasteiger partial charge on any atom is 0.416 e. The second kappa shape index (κ2) is 9.30. The molecule has 2 aliphatic rings. The Hall–Kier alpha value is -1.55. The fourth-order valence-corrected chi connectivity index (χ4v) is 4.57. The molecule has 6 nitrogen and oxygen atoms in total. The summed E-state index contributed by atoms with van der Waals surface area (Å²) in [6.07, 6.45) is -3.23. The van der Waals surface area contributed by atoms with Gasteiger partial charge in [-0.05, 0) is 58.1 Å². The fourth-order valence-electron chi connectivity index (χ4n) is 4.34. The molecule has 0 saturated carbocycles. The molecule has 0 bridgehead atoms. The molecule has 1 aromatic carbocycles. The summed E-state index contributed by atoms with van der Waals surface area (Å²) in [7, 11) is 3.59. The van der Waals surface area contributed by atoms with E-state index >= 15 is 0 Å². The summed E-state index contributed by atoms with van der Waals surface area (Å²) in [5.41, 5.74) is -0.690. The Kier molecular flexibility index (Phi) is 7.16. The molecule has 2 aliphatic heterocycles. The number of likely N-dealkylation sites (tertiary alicyclic amines) is 1. The minimum atomic E-state index is -4.52. The number of halogens is 4. The third kappa shape index (κ3) is 5.19. The number of carbonyl (C=O) groups excluding carboxylic acids is 1. The van der Waals surface area contributed by atoms with E-state index in [-0.39, 0.29) is 28.6 Å². The van der Waals surface area contributed by atoms with E-state index in [1.165, 1.54) is 6.07 Å². The lowest BCUT2D eigenvalue weighted by Gasteiger charge is -2.46. The Labute approximate surface area is 179 Å². The van der Waals surface area contributed by atoms with Crippen molar-refractivity contribution in [1.29, 1.82) is 0 Å². The molecule has 2 heterocycles. The minimum Gasteiger partial charge on any atom is -0.378 e. The van der Waals surface area contributed by atoms with E-state index in [0.717, 1.165) is 31.5 Å². The Morgan fingerprint density at radius 2 is 2.03 bits per heavy atom. The van der Waals surface area contributed by atoms with Gasteiger partial charge in [-0.3, -0.25) is 9.69 Å². The number of hydrogen-bond acceptors (Lipinski definition) is 5. The standard InChI is InChI=1S/C20H28ClF3N4O2/c1-27(2)18(29)15-5-6-25-11-17(15)28-7-3-4-16(19(28)30)26-14-9-12(20(22,23)24)8-13(21)10-14/h8-10,15-18,25-26,29H,3-7,11H2,1-2H3/t15-,16?,17-,18?/m0/s1. The summed E-state index contributed by atoms with van der Waals surface area (Å²) in [5, 5.41) is 16.8.